The molecule has 1 saturated heterocycles. The zero-order chi connectivity index (χ0) is 20.8. The maximum Gasteiger partial charge on any atom is 0.104 e. The van der Waals surface area contributed by atoms with Gasteiger partial charge in [0, 0.05) is 19.1 Å². The van der Waals surface area contributed by atoms with Crippen molar-refractivity contribution in [2.75, 3.05) is 33.0 Å². The minimum Gasteiger partial charge on any atom is -0.381 e. The second-order valence-electron chi connectivity index (χ2n) is 10.9. The second kappa shape index (κ2) is 11.4. The molecule has 30 heavy (non-hydrogen) atoms. The molecule has 0 aromatic carbocycles. The van der Waals surface area contributed by atoms with Gasteiger partial charge in [-0.15, -0.1) is 0 Å². The number of hydrogen-bond acceptors (Lipinski definition) is 5. The van der Waals surface area contributed by atoms with Crippen molar-refractivity contribution >= 4 is 0 Å². The molecule has 5 unspecified atom stereocenters. The van der Waals surface area contributed by atoms with Crippen molar-refractivity contribution in [1.82, 2.24) is 0 Å². The van der Waals surface area contributed by atoms with Crippen molar-refractivity contribution in [2.24, 2.45) is 40.7 Å². The first-order valence-corrected chi connectivity index (χ1v) is 12.8. The molecule has 0 aromatic rings. The van der Waals surface area contributed by atoms with Crippen molar-refractivity contribution in [3.05, 3.63) is 4.91 Å². The van der Waals surface area contributed by atoms with Gasteiger partial charge in [0.1, 0.15) is 12.1 Å². The molecule has 0 radical (unpaired) electrons. The predicted octanol–water partition coefficient (Wildman–Crippen LogP) is 5.60. The molecule has 5 nitrogen and oxygen atoms in total. The highest BCUT2D eigenvalue weighted by molar-refractivity contribution is 4.89. The Labute approximate surface area is 183 Å². The normalized spacial score (nSPS) is 27.8. The summed E-state index contributed by atoms with van der Waals surface area (Å²) in [6, 6.07) is -0.140. The fourth-order valence-electron chi connectivity index (χ4n) is 5.07. The Balaban J connectivity index is 1.34. The molecule has 5 heteroatoms. The topological polar surface area (TPSA) is 60.4 Å². The molecule has 0 bridgehead atoms. The highest BCUT2D eigenvalue weighted by atomic mass is 16.6. The number of epoxide rings is 1. The summed E-state index contributed by atoms with van der Waals surface area (Å²) in [6.45, 7) is 6.08. The highest BCUT2D eigenvalue weighted by Crippen LogP contribution is 2.40. The van der Waals surface area contributed by atoms with Crippen LogP contribution in [0.2, 0.25) is 0 Å². The van der Waals surface area contributed by atoms with Crippen molar-refractivity contribution in [1.29, 1.82) is 0 Å². The molecule has 1 heterocycles. The minimum absolute atomic E-state index is 0.140. The summed E-state index contributed by atoms with van der Waals surface area (Å²) in [4.78, 5) is 12.2. The molecule has 0 amide bonds. The van der Waals surface area contributed by atoms with Crippen LogP contribution in [-0.2, 0) is 14.2 Å². The number of ether oxygens (including phenoxy) is 3. The van der Waals surface area contributed by atoms with Gasteiger partial charge in [-0.3, -0.25) is 0 Å². The van der Waals surface area contributed by atoms with Crippen LogP contribution in [0.1, 0.15) is 77.6 Å². The zero-order valence-corrected chi connectivity index (χ0v) is 19.0. The van der Waals surface area contributed by atoms with Crippen LogP contribution in [0.4, 0.5) is 0 Å². The van der Waals surface area contributed by atoms with Gasteiger partial charge in [-0.05, 0) is 55.3 Å². The summed E-state index contributed by atoms with van der Waals surface area (Å²) in [5.41, 5.74) is 0. The summed E-state index contributed by atoms with van der Waals surface area (Å²) < 4.78 is 17.3. The maximum absolute atomic E-state index is 12.2. The van der Waals surface area contributed by atoms with Gasteiger partial charge >= 0.3 is 0 Å². The predicted molar refractivity (Wildman–Crippen MR) is 118 cm³/mol. The molecule has 4 rings (SSSR count). The van der Waals surface area contributed by atoms with E-state index in [0.717, 1.165) is 43.8 Å². The average Bonchev–Trinajstić information content (AvgIpc) is 3.52. The van der Waals surface area contributed by atoms with Gasteiger partial charge in [-0.1, -0.05) is 57.0 Å². The quantitative estimate of drug-likeness (QED) is 0.213. The molecule has 3 saturated carbocycles. The fraction of sp³-hybridized carbons (Fsp3) is 1.00. The van der Waals surface area contributed by atoms with Crippen LogP contribution in [0, 0.1) is 40.4 Å². The molecule has 172 valence electrons. The number of nitrogens with zero attached hydrogens (tertiary/aromatic N) is 1. The summed E-state index contributed by atoms with van der Waals surface area (Å²) in [6.07, 6.45) is 14.4. The monoisotopic (exact) mass is 421 g/mol. The molecule has 4 fully saturated rings. The minimum atomic E-state index is -0.140. The van der Waals surface area contributed by atoms with Gasteiger partial charge < -0.3 is 14.2 Å². The fourth-order valence-corrected chi connectivity index (χ4v) is 5.07. The first-order valence-electron chi connectivity index (χ1n) is 12.8. The Bertz CT molecular complexity index is 513. The molecule has 0 N–H and O–H groups in total. The summed E-state index contributed by atoms with van der Waals surface area (Å²) >= 11 is 0. The van der Waals surface area contributed by atoms with Crippen molar-refractivity contribution in [2.45, 2.75) is 89.7 Å². The van der Waals surface area contributed by atoms with Crippen LogP contribution in [0.25, 0.3) is 0 Å². The molecular weight excluding hydrogens is 378 g/mol. The van der Waals surface area contributed by atoms with E-state index >= 15 is 0 Å². The molecule has 4 aliphatic rings. The van der Waals surface area contributed by atoms with Crippen molar-refractivity contribution < 1.29 is 14.2 Å². The first kappa shape index (κ1) is 22.7. The van der Waals surface area contributed by atoms with Crippen LogP contribution >= 0.6 is 0 Å². The van der Waals surface area contributed by atoms with E-state index in [1.54, 1.807) is 0 Å². The summed E-state index contributed by atoms with van der Waals surface area (Å²) in [5, 5.41) is 3.79. The lowest BCUT2D eigenvalue weighted by atomic mass is 9.74. The highest BCUT2D eigenvalue weighted by Gasteiger charge is 2.37. The zero-order valence-electron chi connectivity index (χ0n) is 19.0. The van der Waals surface area contributed by atoms with Gasteiger partial charge in [0.15, 0.2) is 0 Å². The Morgan fingerprint density at radius 3 is 2.17 bits per heavy atom. The summed E-state index contributed by atoms with van der Waals surface area (Å²) in [5.74, 6) is 3.43. The van der Waals surface area contributed by atoms with Gasteiger partial charge in [-0.2, -0.15) is 4.91 Å². The largest absolute Gasteiger partial charge is 0.381 e. The Kier molecular flexibility index (Phi) is 8.60. The van der Waals surface area contributed by atoms with Crippen LogP contribution in [-0.4, -0.2) is 45.2 Å². The van der Waals surface area contributed by atoms with Gasteiger partial charge in [-0.25, -0.2) is 0 Å². The number of nitroso groups, excluding NO2 is 1. The standard InChI is InChI=1S/C25H43NO4/c1-18(13-28-16-23-17-30-23)24(12-10-20-5-6-20)25(26-27)22(11-9-19-3-2-4-19)15-29-14-21-7-8-21/h18-25H,2-17H2,1H3. The number of hydrogen-bond donors (Lipinski definition) is 0. The van der Waals surface area contributed by atoms with Crippen molar-refractivity contribution in [3.63, 3.8) is 0 Å². The van der Waals surface area contributed by atoms with E-state index < -0.39 is 0 Å². The van der Waals surface area contributed by atoms with Crippen molar-refractivity contribution in [3.8, 4) is 0 Å². The second-order valence-corrected chi connectivity index (χ2v) is 10.9. The van der Waals surface area contributed by atoms with Gasteiger partial charge in [0.2, 0.25) is 0 Å². The SMILES string of the molecule is CC(COCC1CO1)C(CCC1CC1)C(N=O)C(CCC1CCC1)COCC1CC1. The smallest absolute Gasteiger partial charge is 0.104 e. The van der Waals surface area contributed by atoms with E-state index in [0.29, 0.717) is 37.8 Å². The third-order valence-electron chi connectivity index (χ3n) is 8.02. The van der Waals surface area contributed by atoms with Gasteiger partial charge in [0.25, 0.3) is 0 Å². The molecule has 3 aliphatic carbocycles. The maximum atomic E-state index is 12.2. The van der Waals surface area contributed by atoms with E-state index in [1.807, 2.05) is 0 Å². The average molecular weight is 422 g/mol. The Hall–Kier alpha value is -0.520. The van der Waals surface area contributed by atoms with Crippen LogP contribution < -0.4 is 0 Å². The molecular formula is C25H43NO4. The Morgan fingerprint density at radius 1 is 0.900 bits per heavy atom. The van der Waals surface area contributed by atoms with Crippen LogP contribution in [0.15, 0.2) is 5.18 Å². The molecule has 1 aliphatic heterocycles. The lowest BCUT2D eigenvalue weighted by molar-refractivity contribution is 0.0347. The van der Waals surface area contributed by atoms with Crippen LogP contribution in [0.5, 0.6) is 0 Å². The van der Waals surface area contributed by atoms with E-state index in [1.165, 1.54) is 57.8 Å². The first-order chi connectivity index (χ1) is 14.7. The lowest BCUT2D eigenvalue weighted by Gasteiger charge is -2.34. The lowest BCUT2D eigenvalue weighted by Crippen LogP contribution is -2.36. The molecule has 0 spiro atoms. The Morgan fingerprint density at radius 2 is 1.57 bits per heavy atom. The molecule has 5 atom stereocenters. The number of rotatable bonds is 18. The van der Waals surface area contributed by atoms with E-state index in [9.17, 15) is 4.91 Å². The van der Waals surface area contributed by atoms with E-state index in [2.05, 4.69) is 12.1 Å². The third kappa shape index (κ3) is 7.56. The molecule has 0 aromatic heterocycles. The van der Waals surface area contributed by atoms with E-state index in [4.69, 9.17) is 14.2 Å². The van der Waals surface area contributed by atoms with Gasteiger partial charge in [0.05, 0.1) is 19.8 Å². The third-order valence-corrected chi connectivity index (χ3v) is 8.02. The van der Waals surface area contributed by atoms with E-state index in [-0.39, 0.29) is 12.0 Å². The van der Waals surface area contributed by atoms with Crippen LogP contribution in [0.3, 0.4) is 0 Å². The summed E-state index contributed by atoms with van der Waals surface area (Å²) in [7, 11) is 0.